The molecular weight excluding hydrogens is 282 g/mol. The lowest BCUT2D eigenvalue weighted by Crippen LogP contribution is -2.32. The van der Waals surface area contributed by atoms with Crippen molar-refractivity contribution in [3.8, 4) is 0 Å². The number of thiocarbonyl (C=S) groups is 1. The van der Waals surface area contributed by atoms with E-state index in [1.165, 1.54) is 0 Å². The topological polar surface area (TPSA) is 61.8 Å². The van der Waals surface area contributed by atoms with Crippen molar-refractivity contribution in [3.05, 3.63) is 35.9 Å². The first kappa shape index (κ1) is 12.6. The summed E-state index contributed by atoms with van der Waals surface area (Å²) in [7, 11) is -2.98. The summed E-state index contributed by atoms with van der Waals surface area (Å²) in [6.07, 6.45) is 1.70. The van der Waals surface area contributed by atoms with Gasteiger partial charge in [-0.15, -0.1) is 0 Å². The number of hydrogen-bond donors (Lipinski definition) is 1. The summed E-state index contributed by atoms with van der Waals surface area (Å²) >= 11 is 5.19. The van der Waals surface area contributed by atoms with E-state index in [0.717, 1.165) is 5.56 Å². The summed E-state index contributed by atoms with van der Waals surface area (Å²) in [4.78, 5) is 0. The molecule has 3 rings (SSSR count). The fourth-order valence-corrected chi connectivity index (χ4v) is 4.61. The van der Waals surface area contributed by atoms with Crippen LogP contribution in [-0.4, -0.2) is 48.3 Å². The van der Waals surface area contributed by atoms with Gasteiger partial charge in [0.25, 0.3) is 0 Å². The van der Waals surface area contributed by atoms with Crippen LogP contribution >= 0.6 is 12.2 Å². The monoisotopic (exact) mass is 295 g/mol. The van der Waals surface area contributed by atoms with Crippen LogP contribution in [0, 0.1) is 0 Å². The second-order valence-electron chi connectivity index (χ2n) is 4.70. The first-order valence-electron chi connectivity index (χ1n) is 5.94. The molecule has 0 spiro atoms. The Hall–Kier alpha value is -1.47. The molecule has 1 aromatic rings. The number of fused-ring (bicyclic) bond motifs is 1. The molecule has 7 heteroatoms. The van der Waals surface area contributed by atoms with E-state index in [1.54, 1.807) is 11.2 Å². The van der Waals surface area contributed by atoms with Gasteiger partial charge in [0.1, 0.15) is 0 Å². The van der Waals surface area contributed by atoms with Crippen LogP contribution in [0.15, 0.2) is 35.4 Å². The molecule has 0 bridgehead atoms. The third-order valence-corrected chi connectivity index (χ3v) is 5.31. The minimum absolute atomic E-state index is 0.108. The molecule has 0 unspecified atom stereocenters. The Kier molecular flexibility index (Phi) is 3.02. The lowest BCUT2D eigenvalue weighted by atomic mass is 10.2. The second-order valence-corrected chi connectivity index (χ2v) is 7.24. The van der Waals surface area contributed by atoms with E-state index in [1.807, 2.05) is 30.3 Å². The Morgan fingerprint density at radius 3 is 2.79 bits per heavy atom. The van der Waals surface area contributed by atoms with E-state index < -0.39 is 9.84 Å². The predicted molar refractivity (Wildman–Crippen MR) is 77.8 cm³/mol. The van der Waals surface area contributed by atoms with Gasteiger partial charge >= 0.3 is 0 Å². The molecule has 2 fully saturated rings. The zero-order chi connectivity index (χ0) is 13.5. The maximum atomic E-state index is 11.6. The van der Waals surface area contributed by atoms with Crippen molar-refractivity contribution in [1.29, 1.82) is 0 Å². The Morgan fingerprint density at radius 1 is 1.32 bits per heavy atom. The molecule has 0 aliphatic carbocycles. The van der Waals surface area contributed by atoms with Crippen molar-refractivity contribution in [3.63, 3.8) is 0 Å². The summed E-state index contributed by atoms with van der Waals surface area (Å²) in [5.74, 6) is 0.242. The average Bonchev–Trinajstić information content (AvgIpc) is 2.79. The fraction of sp³-hybridized carbons (Fsp3) is 0.333. The quantitative estimate of drug-likeness (QED) is 0.631. The molecule has 19 heavy (non-hydrogen) atoms. The summed E-state index contributed by atoms with van der Waals surface area (Å²) in [5.41, 5.74) is 0.953. The molecule has 2 saturated heterocycles. The van der Waals surface area contributed by atoms with Crippen LogP contribution < -0.4 is 5.32 Å². The van der Waals surface area contributed by atoms with Gasteiger partial charge in [-0.3, -0.25) is 0 Å². The fourth-order valence-electron chi connectivity index (χ4n) is 2.39. The lowest BCUT2D eigenvalue weighted by Gasteiger charge is -2.16. The zero-order valence-electron chi connectivity index (χ0n) is 10.1. The van der Waals surface area contributed by atoms with Gasteiger partial charge in [-0.1, -0.05) is 30.3 Å². The number of sulfone groups is 1. The van der Waals surface area contributed by atoms with Crippen LogP contribution in [0.2, 0.25) is 0 Å². The third-order valence-electron chi connectivity index (χ3n) is 3.28. The van der Waals surface area contributed by atoms with E-state index in [2.05, 4.69) is 10.4 Å². The molecule has 100 valence electrons. The van der Waals surface area contributed by atoms with Crippen molar-refractivity contribution >= 4 is 33.4 Å². The molecule has 2 aliphatic rings. The van der Waals surface area contributed by atoms with Gasteiger partial charge in [-0.2, -0.15) is 5.10 Å². The van der Waals surface area contributed by atoms with Crippen molar-refractivity contribution in [2.45, 2.75) is 12.1 Å². The summed E-state index contributed by atoms with van der Waals surface area (Å²) in [6, 6.07) is 9.31. The molecule has 2 atom stereocenters. The van der Waals surface area contributed by atoms with Crippen molar-refractivity contribution < 1.29 is 8.42 Å². The van der Waals surface area contributed by atoms with Gasteiger partial charge in [0, 0.05) is 0 Å². The van der Waals surface area contributed by atoms with Crippen LogP contribution in [0.5, 0.6) is 0 Å². The normalized spacial score (nSPS) is 28.6. The van der Waals surface area contributed by atoms with Crippen LogP contribution in [0.4, 0.5) is 0 Å². The molecule has 0 saturated carbocycles. The second kappa shape index (κ2) is 4.57. The first-order valence-corrected chi connectivity index (χ1v) is 8.17. The van der Waals surface area contributed by atoms with Crippen molar-refractivity contribution in [2.75, 3.05) is 11.5 Å². The third kappa shape index (κ3) is 2.48. The van der Waals surface area contributed by atoms with Gasteiger partial charge in [0.05, 0.1) is 29.8 Å². The highest BCUT2D eigenvalue weighted by molar-refractivity contribution is 7.91. The van der Waals surface area contributed by atoms with E-state index in [9.17, 15) is 8.42 Å². The van der Waals surface area contributed by atoms with Gasteiger partial charge in [0.15, 0.2) is 14.9 Å². The van der Waals surface area contributed by atoms with Crippen LogP contribution in [0.1, 0.15) is 5.56 Å². The predicted octanol–water partition coefficient (Wildman–Crippen LogP) is 0.376. The lowest BCUT2D eigenvalue weighted by molar-refractivity contribution is 0.374. The Labute approximate surface area is 117 Å². The molecule has 0 radical (unpaired) electrons. The molecule has 1 N–H and O–H groups in total. The SMILES string of the molecule is O=S1(=O)C[C@@H]2NC(=S)N(/N=C/c3ccccc3)[C@@H]2C1. The highest BCUT2D eigenvalue weighted by Gasteiger charge is 2.47. The first-order chi connectivity index (χ1) is 9.05. The standard InChI is InChI=1S/C12H13N3O2S2/c16-19(17)7-10-11(8-19)15(12(18)14-10)13-6-9-4-2-1-3-5-9/h1-6,10-11H,7-8H2,(H,14,18)/b13-6+/t10-,11+/m0/s1. The number of nitrogens with zero attached hydrogens (tertiary/aromatic N) is 2. The zero-order valence-corrected chi connectivity index (χ0v) is 11.7. The number of benzene rings is 1. The molecule has 5 nitrogen and oxygen atoms in total. The van der Waals surface area contributed by atoms with Crippen LogP contribution in [0.3, 0.4) is 0 Å². The van der Waals surface area contributed by atoms with Crippen LogP contribution in [-0.2, 0) is 9.84 Å². The number of nitrogens with one attached hydrogen (secondary N) is 1. The Balaban J connectivity index is 1.81. The maximum absolute atomic E-state index is 11.6. The van der Waals surface area contributed by atoms with E-state index in [-0.39, 0.29) is 23.6 Å². The molecule has 1 aromatic carbocycles. The highest BCUT2D eigenvalue weighted by atomic mass is 32.2. The molecular formula is C12H13N3O2S2. The van der Waals surface area contributed by atoms with Gasteiger partial charge < -0.3 is 5.32 Å². The van der Waals surface area contributed by atoms with Gasteiger partial charge in [-0.05, 0) is 17.8 Å². The number of hydrazone groups is 1. The van der Waals surface area contributed by atoms with Crippen LogP contribution in [0.25, 0.3) is 0 Å². The molecule has 0 amide bonds. The molecule has 2 aliphatic heterocycles. The largest absolute Gasteiger partial charge is 0.355 e. The van der Waals surface area contributed by atoms with Gasteiger partial charge in [0.2, 0.25) is 0 Å². The number of rotatable bonds is 2. The van der Waals surface area contributed by atoms with E-state index >= 15 is 0 Å². The summed E-state index contributed by atoms with van der Waals surface area (Å²) < 4.78 is 23.2. The van der Waals surface area contributed by atoms with E-state index in [0.29, 0.717) is 5.11 Å². The minimum Gasteiger partial charge on any atom is -0.355 e. The average molecular weight is 295 g/mol. The number of hydrogen-bond acceptors (Lipinski definition) is 4. The van der Waals surface area contributed by atoms with Gasteiger partial charge in [-0.25, -0.2) is 13.4 Å². The van der Waals surface area contributed by atoms with Crippen molar-refractivity contribution in [2.24, 2.45) is 5.10 Å². The highest BCUT2D eigenvalue weighted by Crippen LogP contribution is 2.24. The smallest absolute Gasteiger partial charge is 0.190 e. The summed E-state index contributed by atoms with van der Waals surface area (Å²) in [6.45, 7) is 0. The molecule has 2 heterocycles. The Morgan fingerprint density at radius 2 is 2.05 bits per heavy atom. The van der Waals surface area contributed by atoms with E-state index in [4.69, 9.17) is 12.2 Å². The Bertz CT molecular complexity index is 628. The summed E-state index contributed by atoms with van der Waals surface area (Å²) in [5, 5.41) is 9.45. The molecule has 0 aromatic heterocycles. The maximum Gasteiger partial charge on any atom is 0.190 e. The minimum atomic E-state index is -2.98. The van der Waals surface area contributed by atoms with Crippen molar-refractivity contribution in [1.82, 2.24) is 10.3 Å².